The Morgan fingerprint density at radius 3 is 2.96 bits per heavy atom. The quantitative estimate of drug-likeness (QED) is 0.687. The van der Waals surface area contributed by atoms with Crippen LogP contribution in [0.25, 0.3) is 10.9 Å². The Hall–Kier alpha value is -2.60. The minimum absolute atomic E-state index is 0.109. The number of benzene rings is 1. The van der Waals surface area contributed by atoms with E-state index in [0.717, 1.165) is 16.5 Å². The molecule has 0 spiro atoms. The second kappa shape index (κ2) is 5.79. The van der Waals surface area contributed by atoms with Gasteiger partial charge in [0.1, 0.15) is 0 Å². The molecule has 2 aromatic heterocycles. The number of aryl methyl sites for hydroxylation is 1. The largest absolute Gasteiger partial charge is 0.393 e. The fourth-order valence-corrected chi connectivity index (χ4v) is 3.39. The molecular weight excluding hydrogens is 304 g/mol. The third-order valence-electron chi connectivity index (χ3n) is 4.81. The first-order valence-corrected chi connectivity index (χ1v) is 8.15. The monoisotopic (exact) mass is 324 g/mol. The summed E-state index contributed by atoms with van der Waals surface area (Å²) < 4.78 is 1.73. The van der Waals surface area contributed by atoms with Gasteiger partial charge in [0.05, 0.1) is 18.3 Å². The first-order valence-electron chi connectivity index (χ1n) is 8.15. The second-order valence-corrected chi connectivity index (χ2v) is 6.56. The molecule has 1 aliphatic carbocycles. The first-order chi connectivity index (χ1) is 11.6. The number of fused-ring (bicyclic) bond motifs is 1. The number of aromatic nitrogens is 3. The van der Waals surface area contributed by atoms with Crippen LogP contribution < -0.4 is 5.32 Å². The van der Waals surface area contributed by atoms with Crippen molar-refractivity contribution in [2.24, 2.45) is 13.0 Å². The van der Waals surface area contributed by atoms with Crippen molar-refractivity contribution in [1.29, 1.82) is 0 Å². The van der Waals surface area contributed by atoms with Crippen LogP contribution in [0, 0.1) is 5.92 Å². The number of nitrogens with zero attached hydrogens (tertiary/aromatic N) is 2. The summed E-state index contributed by atoms with van der Waals surface area (Å²) in [6.07, 6.45) is 6.71. The number of amides is 1. The van der Waals surface area contributed by atoms with Crippen LogP contribution in [0.1, 0.15) is 34.8 Å². The molecule has 1 saturated carbocycles. The lowest BCUT2D eigenvalue weighted by molar-refractivity contribution is 0.0235. The minimum atomic E-state index is -0.263. The lowest BCUT2D eigenvalue weighted by atomic mass is 9.75. The fourth-order valence-electron chi connectivity index (χ4n) is 3.39. The summed E-state index contributed by atoms with van der Waals surface area (Å²) in [4.78, 5) is 15.8. The predicted octanol–water partition coefficient (Wildman–Crippen LogP) is 2.14. The molecule has 3 N–H and O–H groups in total. The standard InChI is InChI=1S/C18H20N4O2/c1-22-10-14(9-20-22)17(13-6-15(23)7-13)21-18(24)12-3-2-11-4-5-19-16(11)8-12/h2-5,8-10,13,15,17,19,23H,6-7H2,1H3,(H,21,24). The lowest BCUT2D eigenvalue weighted by Gasteiger charge is -2.37. The van der Waals surface area contributed by atoms with E-state index >= 15 is 0 Å². The topological polar surface area (TPSA) is 82.9 Å². The summed E-state index contributed by atoms with van der Waals surface area (Å²) in [5.41, 5.74) is 2.54. The van der Waals surface area contributed by atoms with Gasteiger partial charge >= 0.3 is 0 Å². The molecule has 24 heavy (non-hydrogen) atoms. The molecule has 3 aromatic rings. The Labute approximate surface area is 139 Å². The molecule has 0 radical (unpaired) electrons. The maximum Gasteiger partial charge on any atom is 0.251 e. The average Bonchev–Trinajstić information content (AvgIpc) is 3.17. The summed E-state index contributed by atoms with van der Waals surface area (Å²) in [6, 6.07) is 7.48. The number of hydrogen-bond acceptors (Lipinski definition) is 3. The molecule has 6 nitrogen and oxygen atoms in total. The maximum atomic E-state index is 12.7. The van der Waals surface area contributed by atoms with E-state index in [1.54, 1.807) is 10.9 Å². The van der Waals surface area contributed by atoms with Crippen molar-refractivity contribution in [1.82, 2.24) is 20.1 Å². The molecule has 1 unspecified atom stereocenters. The molecule has 4 rings (SSSR count). The van der Waals surface area contributed by atoms with Crippen molar-refractivity contribution < 1.29 is 9.90 Å². The number of H-pyrrole nitrogens is 1. The molecular formula is C18H20N4O2. The van der Waals surface area contributed by atoms with Gasteiger partial charge in [0.15, 0.2) is 0 Å². The van der Waals surface area contributed by atoms with E-state index in [1.807, 2.05) is 43.7 Å². The Balaban J connectivity index is 1.58. The van der Waals surface area contributed by atoms with Crippen molar-refractivity contribution >= 4 is 16.8 Å². The van der Waals surface area contributed by atoms with Gasteiger partial charge in [0.25, 0.3) is 5.91 Å². The van der Waals surface area contributed by atoms with Crippen LogP contribution in [-0.2, 0) is 7.05 Å². The van der Waals surface area contributed by atoms with Crippen LogP contribution in [0.4, 0.5) is 0 Å². The van der Waals surface area contributed by atoms with Gasteiger partial charge in [-0.2, -0.15) is 5.10 Å². The number of aliphatic hydroxyl groups is 1. The second-order valence-electron chi connectivity index (χ2n) is 6.56. The van der Waals surface area contributed by atoms with Gasteiger partial charge in [-0.1, -0.05) is 6.07 Å². The van der Waals surface area contributed by atoms with Gasteiger partial charge in [0, 0.05) is 36.1 Å². The molecule has 2 heterocycles. The number of aromatic amines is 1. The van der Waals surface area contributed by atoms with Gasteiger partial charge < -0.3 is 15.4 Å². The Morgan fingerprint density at radius 1 is 1.42 bits per heavy atom. The average molecular weight is 324 g/mol. The predicted molar refractivity (Wildman–Crippen MR) is 90.4 cm³/mol. The highest BCUT2D eigenvalue weighted by Gasteiger charge is 2.36. The highest BCUT2D eigenvalue weighted by molar-refractivity contribution is 5.98. The molecule has 1 atom stereocenters. The lowest BCUT2D eigenvalue weighted by Crippen LogP contribution is -2.41. The summed E-state index contributed by atoms with van der Waals surface area (Å²) in [5, 5.41) is 18.0. The van der Waals surface area contributed by atoms with E-state index in [9.17, 15) is 9.90 Å². The van der Waals surface area contributed by atoms with Crippen molar-refractivity contribution in [3.05, 3.63) is 54.0 Å². The first kappa shape index (κ1) is 15.0. The number of aliphatic hydroxyl groups excluding tert-OH is 1. The van der Waals surface area contributed by atoms with Gasteiger partial charge in [-0.3, -0.25) is 9.48 Å². The van der Waals surface area contributed by atoms with E-state index in [4.69, 9.17) is 0 Å². The molecule has 1 aliphatic rings. The normalized spacial score (nSPS) is 21.4. The summed E-state index contributed by atoms with van der Waals surface area (Å²) in [5.74, 6) is 0.129. The van der Waals surface area contributed by atoms with Crippen molar-refractivity contribution in [2.45, 2.75) is 25.0 Å². The highest BCUT2D eigenvalue weighted by Crippen LogP contribution is 2.38. The van der Waals surface area contributed by atoms with Crippen molar-refractivity contribution in [3.8, 4) is 0 Å². The van der Waals surface area contributed by atoms with Gasteiger partial charge in [0.2, 0.25) is 0 Å². The molecule has 1 fully saturated rings. The summed E-state index contributed by atoms with van der Waals surface area (Å²) in [6.45, 7) is 0. The minimum Gasteiger partial charge on any atom is -0.393 e. The summed E-state index contributed by atoms with van der Waals surface area (Å²) >= 11 is 0. The zero-order valence-corrected chi connectivity index (χ0v) is 13.4. The van der Waals surface area contributed by atoms with Crippen LogP contribution in [0.15, 0.2) is 42.9 Å². The number of carbonyl (C=O) groups is 1. The Kier molecular flexibility index (Phi) is 3.61. The Bertz CT molecular complexity index is 876. The van der Waals surface area contributed by atoms with E-state index in [0.29, 0.717) is 18.4 Å². The zero-order chi connectivity index (χ0) is 16.7. The van der Waals surface area contributed by atoms with Gasteiger partial charge in [-0.25, -0.2) is 0 Å². The fraction of sp³-hybridized carbons (Fsp3) is 0.333. The molecule has 1 aromatic carbocycles. The maximum absolute atomic E-state index is 12.7. The molecule has 0 bridgehead atoms. The summed E-state index contributed by atoms with van der Waals surface area (Å²) in [7, 11) is 1.86. The van der Waals surface area contributed by atoms with Crippen LogP contribution >= 0.6 is 0 Å². The van der Waals surface area contributed by atoms with E-state index in [-0.39, 0.29) is 24.0 Å². The van der Waals surface area contributed by atoms with Crippen molar-refractivity contribution in [2.75, 3.05) is 0 Å². The van der Waals surface area contributed by atoms with Crippen LogP contribution in [0.2, 0.25) is 0 Å². The third kappa shape index (κ3) is 2.69. The highest BCUT2D eigenvalue weighted by atomic mass is 16.3. The molecule has 6 heteroatoms. The molecule has 1 amide bonds. The SMILES string of the molecule is Cn1cc(C(NC(=O)c2ccc3cc[nH]c3c2)C2CC(O)C2)cn1. The Morgan fingerprint density at radius 2 is 2.25 bits per heavy atom. The van der Waals surface area contributed by atoms with Crippen LogP contribution in [0.3, 0.4) is 0 Å². The van der Waals surface area contributed by atoms with Crippen LogP contribution in [-0.4, -0.2) is 31.9 Å². The van der Waals surface area contributed by atoms with E-state index < -0.39 is 0 Å². The smallest absolute Gasteiger partial charge is 0.251 e. The van der Waals surface area contributed by atoms with Crippen molar-refractivity contribution in [3.63, 3.8) is 0 Å². The van der Waals surface area contributed by atoms with Gasteiger partial charge in [-0.15, -0.1) is 0 Å². The third-order valence-corrected chi connectivity index (χ3v) is 4.81. The van der Waals surface area contributed by atoms with Gasteiger partial charge in [-0.05, 0) is 42.3 Å². The number of nitrogens with one attached hydrogen (secondary N) is 2. The zero-order valence-electron chi connectivity index (χ0n) is 13.4. The molecule has 0 saturated heterocycles. The number of carbonyl (C=O) groups excluding carboxylic acids is 1. The van der Waals surface area contributed by atoms with E-state index in [1.165, 1.54) is 0 Å². The molecule has 124 valence electrons. The van der Waals surface area contributed by atoms with E-state index in [2.05, 4.69) is 15.4 Å². The van der Waals surface area contributed by atoms with Crippen LogP contribution in [0.5, 0.6) is 0 Å². The number of rotatable bonds is 4. The molecule has 0 aliphatic heterocycles. The number of hydrogen-bond donors (Lipinski definition) is 3.